The molecule has 1 unspecified atom stereocenters. The zero-order chi connectivity index (χ0) is 12.0. The molecule has 1 N–H and O–H groups in total. The van der Waals surface area contributed by atoms with Crippen LogP contribution in [0.1, 0.15) is 39.5 Å². The lowest BCUT2D eigenvalue weighted by Crippen LogP contribution is -2.50. The van der Waals surface area contributed by atoms with Gasteiger partial charge < -0.3 is 4.90 Å². The van der Waals surface area contributed by atoms with Crippen molar-refractivity contribution in [3.63, 3.8) is 0 Å². The highest BCUT2D eigenvalue weighted by molar-refractivity contribution is 5.05. The molecule has 1 atom stereocenters. The highest BCUT2D eigenvalue weighted by Gasteiger charge is 2.27. The van der Waals surface area contributed by atoms with Crippen molar-refractivity contribution in [2.75, 3.05) is 26.7 Å². The van der Waals surface area contributed by atoms with E-state index >= 15 is 0 Å². The first kappa shape index (κ1) is 13.5. The minimum absolute atomic E-state index is 0.394. The van der Waals surface area contributed by atoms with E-state index in [2.05, 4.69) is 30.3 Å². The molecule has 3 heteroatoms. The van der Waals surface area contributed by atoms with E-state index in [0.717, 1.165) is 32.0 Å². The topological polar surface area (TPSA) is 39.1 Å². The van der Waals surface area contributed by atoms with Crippen molar-refractivity contribution >= 4 is 0 Å². The zero-order valence-corrected chi connectivity index (χ0v) is 10.9. The number of likely N-dealkylation sites (N-methyl/N-ethyl adjacent to an activating group) is 1. The number of nitrogens with one attached hydrogen (secondary N) is 1. The Labute approximate surface area is 99.8 Å². The molecule has 1 aliphatic carbocycles. The molecule has 92 valence electrons. The number of hydrogen-bond donors (Lipinski definition) is 1. The Bertz CT molecular complexity index is 242. The van der Waals surface area contributed by atoms with E-state index in [0.29, 0.717) is 0 Å². The van der Waals surface area contributed by atoms with Crippen molar-refractivity contribution < 1.29 is 0 Å². The Morgan fingerprint density at radius 1 is 1.50 bits per heavy atom. The van der Waals surface area contributed by atoms with E-state index in [4.69, 9.17) is 0 Å². The van der Waals surface area contributed by atoms with Gasteiger partial charge in [0.2, 0.25) is 0 Å². The van der Waals surface area contributed by atoms with E-state index in [1.54, 1.807) is 0 Å². The number of hydrogen-bond acceptors (Lipinski definition) is 3. The Balaban J connectivity index is 2.32. The van der Waals surface area contributed by atoms with Crippen molar-refractivity contribution in [1.29, 1.82) is 5.26 Å². The standard InChI is InChI=1S/C13H25N3/c1-4-8-15-13(2,10-14)11-16(3)9-12-6-5-7-12/h12,15H,4-9,11H2,1-3H3. The van der Waals surface area contributed by atoms with Crippen LogP contribution in [0.5, 0.6) is 0 Å². The minimum Gasteiger partial charge on any atom is -0.303 e. The Kier molecular flexibility index (Phi) is 5.24. The lowest BCUT2D eigenvalue weighted by atomic mass is 9.85. The van der Waals surface area contributed by atoms with Gasteiger partial charge in [0, 0.05) is 13.1 Å². The summed E-state index contributed by atoms with van der Waals surface area (Å²) in [6, 6.07) is 2.40. The van der Waals surface area contributed by atoms with E-state index < -0.39 is 5.54 Å². The summed E-state index contributed by atoms with van der Waals surface area (Å²) in [5.74, 6) is 0.874. The molecule has 1 rings (SSSR count). The van der Waals surface area contributed by atoms with Crippen molar-refractivity contribution in [2.45, 2.75) is 45.1 Å². The average molecular weight is 223 g/mol. The Hall–Kier alpha value is -0.590. The number of rotatable bonds is 7. The molecule has 0 aromatic rings. The predicted octanol–water partition coefficient (Wildman–Crippen LogP) is 2.00. The number of nitriles is 1. The predicted molar refractivity (Wildman–Crippen MR) is 67.1 cm³/mol. The van der Waals surface area contributed by atoms with Crippen LogP contribution >= 0.6 is 0 Å². The molecule has 0 saturated heterocycles. The van der Waals surface area contributed by atoms with Crippen LogP contribution < -0.4 is 5.32 Å². The van der Waals surface area contributed by atoms with E-state index in [1.165, 1.54) is 19.3 Å². The van der Waals surface area contributed by atoms with Gasteiger partial charge in [-0.1, -0.05) is 13.3 Å². The van der Waals surface area contributed by atoms with Crippen molar-refractivity contribution in [3.05, 3.63) is 0 Å². The molecule has 0 amide bonds. The fraction of sp³-hybridized carbons (Fsp3) is 0.923. The molecule has 3 nitrogen and oxygen atoms in total. The third-order valence-electron chi connectivity index (χ3n) is 3.39. The summed E-state index contributed by atoms with van der Waals surface area (Å²) in [4.78, 5) is 2.30. The van der Waals surface area contributed by atoms with E-state index in [9.17, 15) is 5.26 Å². The molecule has 0 aliphatic heterocycles. The van der Waals surface area contributed by atoms with Crippen LogP contribution in [0, 0.1) is 17.2 Å². The summed E-state index contributed by atoms with van der Waals surface area (Å²) in [5.41, 5.74) is -0.394. The maximum absolute atomic E-state index is 9.23. The molecule has 0 heterocycles. The molecule has 0 aromatic heterocycles. The summed E-state index contributed by atoms with van der Waals surface area (Å²) in [7, 11) is 2.13. The quantitative estimate of drug-likeness (QED) is 0.717. The normalized spacial score (nSPS) is 20.2. The zero-order valence-electron chi connectivity index (χ0n) is 10.9. The first-order chi connectivity index (χ1) is 7.59. The monoisotopic (exact) mass is 223 g/mol. The van der Waals surface area contributed by atoms with Crippen molar-refractivity contribution in [3.8, 4) is 6.07 Å². The maximum Gasteiger partial charge on any atom is 0.116 e. The summed E-state index contributed by atoms with van der Waals surface area (Å²) >= 11 is 0. The van der Waals surface area contributed by atoms with Gasteiger partial charge in [0.25, 0.3) is 0 Å². The first-order valence-corrected chi connectivity index (χ1v) is 6.44. The molecule has 1 saturated carbocycles. The molecule has 1 fully saturated rings. The fourth-order valence-corrected chi connectivity index (χ4v) is 2.25. The molecule has 16 heavy (non-hydrogen) atoms. The van der Waals surface area contributed by atoms with Crippen LogP contribution in [0.15, 0.2) is 0 Å². The molecular formula is C13H25N3. The lowest BCUT2D eigenvalue weighted by Gasteiger charge is -2.34. The highest BCUT2D eigenvalue weighted by Crippen LogP contribution is 2.27. The van der Waals surface area contributed by atoms with Gasteiger partial charge in [0.05, 0.1) is 6.07 Å². The third-order valence-corrected chi connectivity index (χ3v) is 3.39. The smallest absolute Gasteiger partial charge is 0.116 e. The fourth-order valence-electron chi connectivity index (χ4n) is 2.25. The third kappa shape index (κ3) is 4.11. The first-order valence-electron chi connectivity index (χ1n) is 6.44. The second-order valence-electron chi connectivity index (χ2n) is 5.36. The molecule has 0 spiro atoms. The van der Waals surface area contributed by atoms with Crippen molar-refractivity contribution in [1.82, 2.24) is 10.2 Å². The molecule has 0 aromatic carbocycles. The SMILES string of the molecule is CCCNC(C)(C#N)CN(C)CC1CCC1. The van der Waals surface area contributed by atoms with Gasteiger partial charge in [-0.25, -0.2) is 0 Å². The van der Waals surface area contributed by atoms with Crippen LogP contribution in [-0.4, -0.2) is 37.1 Å². The molecule has 0 bridgehead atoms. The second kappa shape index (κ2) is 6.22. The van der Waals surface area contributed by atoms with Gasteiger partial charge in [-0.3, -0.25) is 5.32 Å². The Morgan fingerprint density at radius 3 is 2.62 bits per heavy atom. The van der Waals surface area contributed by atoms with E-state index in [1.807, 2.05) is 6.92 Å². The molecule has 0 radical (unpaired) electrons. The van der Waals surface area contributed by atoms with Gasteiger partial charge in [0.1, 0.15) is 5.54 Å². The maximum atomic E-state index is 9.23. The largest absolute Gasteiger partial charge is 0.303 e. The van der Waals surface area contributed by atoms with Gasteiger partial charge in [-0.05, 0) is 45.7 Å². The molecule has 1 aliphatic rings. The molecular weight excluding hydrogens is 198 g/mol. The summed E-state index contributed by atoms with van der Waals surface area (Å²) in [5, 5.41) is 12.6. The van der Waals surface area contributed by atoms with Crippen LogP contribution in [0.4, 0.5) is 0 Å². The Morgan fingerprint density at radius 2 is 2.19 bits per heavy atom. The van der Waals surface area contributed by atoms with Gasteiger partial charge >= 0.3 is 0 Å². The average Bonchev–Trinajstić information content (AvgIpc) is 2.21. The second-order valence-corrected chi connectivity index (χ2v) is 5.36. The summed E-state index contributed by atoms with van der Waals surface area (Å²) < 4.78 is 0. The van der Waals surface area contributed by atoms with E-state index in [-0.39, 0.29) is 0 Å². The van der Waals surface area contributed by atoms with Gasteiger partial charge in [0.15, 0.2) is 0 Å². The van der Waals surface area contributed by atoms with Gasteiger partial charge in [-0.2, -0.15) is 5.26 Å². The lowest BCUT2D eigenvalue weighted by molar-refractivity contribution is 0.180. The van der Waals surface area contributed by atoms with Crippen LogP contribution in [0.3, 0.4) is 0 Å². The summed E-state index contributed by atoms with van der Waals surface area (Å²) in [6.45, 7) is 7.01. The van der Waals surface area contributed by atoms with Crippen molar-refractivity contribution in [2.24, 2.45) is 5.92 Å². The van der Waals surface area contributed by atoms with Crippen LogP contribution in [-0.2, 0) is 0 Å². The van der Waals surface area contributed by atoms with Crippen LogP contribution in [0.25, 0.3) is 0 Å². The minimum atomic E-state index is -0.394. The highest BCUT2D eigenvalue weighted by atomic mass is 15.1. The van der Waals surface area contributed by atoms with Crippen LogP contribution in [0.2, 0.25) is 0 Å². The van der Waals surface area contributed by atoms with Gasteiger partial charge in [-0.15, -0.1) is 0 Å². The summed E-state index contributed by atoms with van der Waals surface area (Å²) in [6.07, 6.45) is 5.21. The number of nitrogens with zero attached hydrogens (tertiary/aromatic N) is 2.